The summed E-state index contributed by atoms with van der Waals surface area (Å²) in [5.74, 6) is -0.0193. The Bertz CT molecular complexity index is 1660. The summed E-state index contributed by atoms with van der Waals surface area (Å²) in [6.45, 7) is 0. The third-order valence-corrected chi connectivity index (χ3v) is 6.22. The van der Waals surface area contributed by atoms with Crippen LogP contribution in [0, 0.1) is 0 Å². The van der Waals surface area contributed by atoms with E-state index in [4.69, 9.17) is 4.42 Å². The molecule has 5 aromatic rings. The number of hydrogen-bond donors (Lipinski definition) is 0. The molecule has 172 valence electrons. The van der Waals surface area contributed by atoms with E-state index < -0.39 is 11.7 Å². The van der Waals surface area contributed by atoms with Crippen LogP contribution >= 0.6 is 0 Å². The highest BCUT2D eigenvalue weighted by atomic mass is 19.4. The Labute approximate surface area is 196 Å². The minimum absolute atomic E-state index is 0.0114. The first-order valence-corrected chi connectivity index (χ1v) is 10.7. The summed E-state index contributed by atoms with van der Waals surface area (Å²) in [4.78, 5) is 30.4. The number of rotatable bonds is 2. The molecule has 2 aromatic heterocycles. The van der Waals surface area contributed by atoms with E-state index in [2.05, 4.69) is 4.98 Å². The van der Waals surface area contributed by atoms with Crippen LogP contribution in [0.25, 0.3) is 39.5 Å². The Hall–Kier alpha value is -4.46. The Kier molecular flexibility index (Phi) is 4.38. The van der Waals surface area contributed by atoms with Crippen molar-refractivity contribution in [1.82, 2.24) is 9.55 Å². The van der Waals surface area contributed by atoms with Gasteiger partial charge in [-0.05, 0) is 41.1 Å². The first kappa shape index (κ1) is 21.1. The first-order valence-electron chi connectivity index (χ1n) is 10.7. The molecule has 0 radical (unpaired) electrons. The average Bonchev–Trinajstić information content (AvgIpc) is 3.45. The Morgan fingerprint density at radius 1 is 0.886 bits per heavy atom. The maximum atomic E-state index is 13.0. The summed E-state index contributed by atoms with van der Waals surface area (Å²) >= 11 is 0. The van der Waals surface area contributed by atoms with Crippen LogP contribution < -0.4 is 0 Å². The number of fused-ring (bicyclic) bond motifs is 3. The van der Waals surface area contributed by atoms with Crippen LogP contribution in [0.2, 0.25) is 0 Å². The van der Waals surface area contributed by atoms with E-state index in [0.717, 1.165) is 22.9 Å². The van der Waals surface area contributed by atoms with Crippen molar-refractivity contribution < 1.29 is 27.2 Å². The molecular formula is C27H15F3N2O3. The molecule has 0 spiro atoms. The number of benzene rings is 3. The molecule has 0 fully saturated rings. The number of carbonyl (C=O) groups is 2. The number of ketones is 2. The van der Waals surface area contributed by atoms with Crippen molar-refractivity contribution in [3.63, 3.8) is 0 Å². The summed E-state index contributed by atoms with van der Waals surface area (Å²) in [6, 6.07) is 17.3. The fraction of sp³-hybridized carbons (Fsp3) is 0.0741. The van der Waals surface area contributed by atoms with Gasteiger partial charge in [0.15, 0.2) is 11.6 Å². The molecular weight excluding hydrogens is 457 g/mol. The van der Waals surface area contributed by atoms with Gasteiger partial charge in [-0.15, -0.1) is 0 Å². The van der Waals surface area contributed by atoms with E-state index >= 15 is 0 Å². The second-order valence-corrected chi connectivity index (χ2v) is 8.37. The summed E-state index contributed by atoms with van der Waals surface area (Å²) in [5, 5.41) is 1.75. The number of furan rings is 1. The normalized spacial score (nSPS) is 13.8. The smallest absolute Gasteiger partial charge is 0.416 e. The minimum atomic E-state index is -4.42. The van der Waals surface area contributed by atoms with Crippen LogP contribution in [0.3, 0.4) is 0 Å². The number of hydrogen-bond acceptors (Lipinski definition) is 4. The monoisotopic (exact) mass is 472 g/mol. The first-order chi connectivity index (χ1) is 16.7. The molecule has 3 aromatic carbocycles. The van der Waals surface area contributed by atoms with Crippen molar-refractivity contribution in [1.29, 1.82) is 0 Å². The molecule has 0 unspecified atom stereocenters. The van der Waals surface area contributed by atoms with Gasteiger partial charge in [-0.25, -0.2) is 0 Å². The highest BCUT2D eigenvalue weighted by Gasteiger charge is 2.34. The zero-order chi connectivity index (χ0) is 24.5. The van der Waals surface area contributed by atoms with Crippen LogP contribution in [-0.4, -0.2) is 21.1 Å². The molecule has 0 saturated carbocycles. The molecule has 8 heteroatoms. The highest BCUT2D eigenvalue weighted by Crippen LogP contribution is 2.34. The predicted molar refractivity (Wildman–Crippen MR) is 124 cm³/mol. The van der Waals surface area contributed by atoms with Gasteiger partial charge in [0.1, 0.15) is 17.1 Å². The topological polar surface area (TPSA) is 65.1 Å². The lowest BCUT2D eigenvalue weighted by Crippen LogP contribution is -2.04. The number of Topliss-reactive ketones (excluding diaryl/α,β-unsaturated/α-hetero) is 2. The van der Waals surface area contributed by atoms with Crippen molar-refractivity contribution in [2.24, 2.45) is 7.05 Å². The number of imidazole rings is 1. The van der Waals surface area contributed by atoms with E-state index in [9.17, 15) is 22.8 Å². The molecule has 2 heterocycles. The van der Waals surface area contributed by atoms with Crippen molar-refractivity contribution >= 4 is 39.6 Å². The van der Waals surface area contributed by atoms with Crippen LogP contribution in [0.5, 0.6) is 0 Å². The standard InChI is InChI=1S/C27H15F3N2O3/c1-32-22-13-18(35-26(22)31-25(32)14-6-8-17(9-7-14)27(28,29)30)12-21-23(33)19-10-15-4-2-3-5-16(15)11-20(19)24(21)34/h2-13H,1H3. The largest absolute Gasteiger partial charge is 0.437 e. The molecule has 0 atom stereocenters. The van der Waals surface area contributed by atoms with Crippen LogP contribution in [0.4, 0.5) is 13.2 Å². The number of halogens is 3. The van der Waals surface area contributed by atoms with Gasteiger partial charge in [-0.3, -0.25) is 9.59 Å². The van der Waals surface area contributed by atoms with Gasteiger partial charge >= 0.3 is 6.18 Å². The van der Waals surface area contributed by atoms with E-state index in [0.29, 0.717) is 28.0 Å². The summed E-state index contributed by atoms with van der Waals surface area (Å²) in [5.41, 5.74) is 1.31. The SMILES string of the molecule is Cn1c(-c2ccc(C(F)(F)F)cc2)nc2oc(C=C3C(=O)c4cc5ccccc5cc4C3=O)cc21. The lowest BCUT2D eigenvalue weighted by Gasteiger charge is -2.07. The molecule has 5 nitrogen and oxygen atoms in total. The number of aromatic nitrogens is 2. The van der Waals surface area contributed by atoms with Gasteiger partial charge in [0.25, 0.3) is 0 Å². The lowest BCUT2D eigenvalue weighted by molar-refractivity contribution is -0.137. The van der Waals surface area contributed by atoms with E-state index in [1.54, 1.807) is 29.8 Å². The molecule has 1 aliphatic rings. The molecule has 0 aliphatic heterocycles. The van der Waals surface area contributed by atoms with Crippen LogP contribution in [0.1, 0.15) is 32.0 Å². The van der Waals surface area contributed by atoms with Crippen molar-refractivity contribution in [3.05, 3.63) is 94.8 Å². The van der Waals surface area contributed by atoms with Crippen molar-refractivity contribution in [2.75, 3.05) is 0 Å². The summed E-state index contributed by atoms with van der Waals surface area (Å²) < 4.78 is 46.0. The maximum Gasteiger partial charge on any atom is 0.416 e. The highest BCUT2D eigenvalue weighted by molar-refractivity contribution is 6.42. The van der Waals surface area contributed by atoms with E-state index in [-0.39, 0.29) is 28.6 Å². The third-order valence-electron chi connectivity index (χ3n) is 6.22. The van der Waals surface area contributed by atoms with Gasteiger partial charge in [0.05, 0.1) is 11.1 Å². The lowest BCUT2D eigenvalue weighted by atomic mass is 10.0. The summed E-state index contributed by atoms with van der Waals surface area (Å²) in [6.07, 6.45) is -3.01. The number of nitrogens with zero attached hydrogens (tertiary/aromatic N) is 2. The molecule has 0 bridgehead atoms. The van der Waals surface area contributed by atoms with Crippen LogP contribution in [-0.2, 0) is 13.2 Å². The molecule has 0 N–H and O–H groups in total. The van der Waals surface area contributed by atoms with E-state index in [1.165, 1.54) is 18.2 Å². The zero-order valence-corrected chi connectivity index (χ0v) is 18.2. The zero-order valence-electron chi connectivity index (χ0n) is 18.2. The minimum Gasteiger partial charge on any atom is -0.437 e. The second-order valence-electron chi connectivity index (χ2n) is 8.37. The van der Waals surface area contributed by atoms with Gasteiger partial charge in [-0.2, -0.15) is 18.2 Å². The van der Waals surface area contributed by atoms with E-state index in [1.807, 2.05) is 24.3 Å². The number of alkyl halides is 3. The predicted octanol–water partition coefficient (Wildman–Crippen LogP) is 6.47. The molecule has 0 saturated heterocycles. The van der Waals surface area contributed by atoms with Gasteiger partial charge in [-0.1, -0.05) is 36.4 Å². The average molecular weight is 472 g/mol. The molecule has 1 aliphatic carbocycles. The van der Waals surface area contributed by atoms with Crippen molar-refractivity contribution in [2.45, 2.75) is 6.18 Å². The van der Waals surface area contributed by atoms with Crippen LogP contribution in [0.15, 0.2) is 76.7 Å². The molecule has 35 heavy (non-hydrogen) atoms. The Balaban J connectivity index is 1.36. The maximum absolute atomic E-state index is 13.0. The Morgan fingerprint density at radius 3 is 2.03 bits per heavy atom. The fourth-order valence-corrected chi connectivity index (χ4v) is 4.42. The number of allylic oxidation sites excluding steroid dienone is 1. The fourth-order valence-electron chi connectivity index (χ4n) is 4.42. The number of carbonyl (C=O) groups excluding carboxylic acids is 2. The third kappa shape index (κ3) is 3.29. The van der Waals surface area contributed by atoms with Gasteiger partial charge in [0.2, 0.25) is 5.71 Å². The summed E-state index contributed by atoms with van der Waals surface area (Å²) in [7, 11) is 1.71. The molecule has 6 rings (SSSR count). The van der Waals surface area contributed by atoms with Gasteiger partial charge in [0, 0.05) is 29.8 Å². The second kappa shape index (κ2) is 7.27. The molecule has 0 amide bonds. The Morgan fingerprint density at radius 2 is 1.49 bits per heavy atom. The van der Waals surface area contributed by atoms with Crippen molar-refractivity contribution in [3.8, 4) is 11.4 Å². The number of aryl methyl sites for hydroxylation is 1. The quantitative estimate of drug-likeness (QED) is 0.218. The van der Waals surface area contributed by atoms with Gasteiger partial charge < -0.3 is 8.98 Å².